The molecule has 0 atom stereocenters. The van der Waals surface area contributed by atoms with Crippen LogP contribution in [0.1, 0.15) is 20.7 Å². The maximum absolute atomic E-state index is 13.4. The summed E-state index contributed by atoms with van der Waals surface area (Å²) in [5.41, 5.74) is 1.67. The fraction of sp³-hybridized carbons (Fsp3) is 0.286. The van der Waals surface area contributed by atoms with Crippen LogP contribution in [-0.4, -0.2) is 71.1 Å². The molecule has 0 bridgehead atoms. The van der Waals surface area contributed by atoms with E-state index in [0.717, 1.165) is 37.4 Å². The number of anilines is 1. The zero-order chi connectivity index (χ0) is 20.0. The minimum absolute atomic E-state index is 0.209. The highest BCUT2D eigenvalue weighted by Crippen LogP contribution is 2.26. The Bertz CT molecular complexity index is 1070. The van der Waals surface area contributed by atoms with Gasteiger partial charge >= 0.3 is 0 Å². The first-order chi connectivity index (χ1) is 14.1. The third-order valence-electron chi connectivity index (χ3n) is 5.69. The van der Waals surface area contributed by atoms with Gasteiger partial charge in [0.25, 0.3) is 11.8 Å². The zero-order valence-corrected chi connectivity index (χ0v) is 15.8. The molecule has 8 heteroatoms. The van der Waals surface area contributed by atoms with E-state index in [4.69, 9.17) is 0 Å². The molecule has 1 saturated heterocycles. The fourth-order valence-corrected chi connectivity index (χ4v) is 4.09. The predicted octanol–water partition coefficient (Wildman–Crippen LogP) is 2.12. The number of rotatable bonds is 4. The molecule has 1 fully saturated rings. The van der Waals surface area contributed by atoms with Crippen LogP contribution in [0.4, 0.5) is 10.2 Å². The van der Waals surface area contributed by atoms with Crippen LogP contribution < -0.4 is 4.90 Å². The number of nitrogens with zero attached hydrogens (tertiary/aromatic N) is 4. The van der Waals surface area contributed by atoms with E-state index in [1.54, 1.807) is 30.3 Å². The molecule has 2 aliphatic rings. The number of nitrogens with one attached hydrogen (secondary N) is 1. The van der Waals surface area contributed by atoms with Crippen molar-refractivity contribution >= 4 is 28.5 Å². The minimum Gasteiger partial charge on any atom is -0.352 e. The summed E-state index contributed by atoms with van der Waals surface area (Å²) in [7, 11) is 0. The average molecular weight is 393 g/mol. The van der Waals surface area contributed by atoms with Crippen molar-refractivity contribution in [2.24, 2.45) is 0 Å². The van der Waals surface area contributed by atoms with Crippen molar-refractivity contribution in [2.45, 2.75) is 0 Å². The van der Waals surface area contributed by atoms with Crippen LogP contribution in [0.3, 0.4) is 0 Å². The Labute approximate surface area is 166 Å². The summed E-state index contributed by atoms with van der Waals surface area (Å²) in [6, 6.07) is 11.6. The number of imide groups is 1. The summed E-state index contributed by atoms with van der Waals surface area (Å²) in [6.45, 7) is 4.19. The van der Waals surface area contributed by atoms with Crippen LogP contribution in [0, 0.1) is 5.82 Å². The van der Waals surface area contributed by atoms with Gasteiger partial charge in [0.1, 0.15) is 5.82 Å². The maximum Gasteiger partial charge on any atom is 0.261 e. The van der Waals surface area contributed by atoms with Gasteiger partial charge in [-0.15, -0.1) is 0 Å². The first-order valence-corrected chi connectivity index (χ1v) is 9.68. The standard InChI is InChI=1S/C21H20FN5O2/c22-14-5-6-17-18(13-14)23-24-19(17)26-10-7-25(8-11-26)9-12-27-20(28)15-3-1-2-4-16(15)21(27)29/h1-6,13H,7-12H2,(H,23,24). The van der Waals surface area contributed by atoms with Gasteiger partial charge in [-0.2, -0.15) is 5.10 Å². The molecule has 2 amide bonds. The van der Waals surface area contributed by atoms with E-state index >= 15 is 0 Å². The highest BCUT2D eigenvalue weighted by atomic mass is 19.1. The van der Waals surface area contributed by atoms with Gasteiger partial charge in [-0.3, -0.25) is 24.5 Å². The molecule has 0 radical (unpaired) electrons. The first kappa shape index (κ1) is 17.8. The van der Waals surface area contributed by atoms with Gasteiger partial charge in [-0.1, -0.05) is 12.1 Å². The number of halogens is 1. The second kappa shape index (κ2) is 6.97. The molecule has 0 aliphatic carbocycles. The molecule has 29 heavy (non-hydrogen) atoms. The van der Waals surface area contributed by atoms with Crippen molar-refractivity contribution in [3.8, 4) is 0 Å². The number of carbonyl (C=O) groups excluding carboxylic acids is 2. The Morgan fingerprint density at radius 2 is 1.62 bits per heavy atom. The molecule has 1 N–H and O–H groups in total. The van der Waals surface area contributed by atoms with E-state index in [-0.39, 0.29) is 17.6 Å². The summed E-state index contributed by atoms with van der Waals surface area (Å²) in [4.78, 5) is 30.7. The Morgan fingerprint density at radius 1 is 0.931 bits per heavy atom. The summed E-state index contributed by atoms with van der Waals surface area (Å²) in [5, 5.41) is 8.15. The molecule has 3 aromatic rings. The number of benzene rings is 2. The lowest BCUT2D eigenvalue weighted by molar-refractivity contribution is 0.0635. The van der Waals surface area contributed by atoms with Gasteiger partial charge in [0.15, 0.2) is 5.82 Å². The second-order valence-electron chi connectivity index (χ2n) is 7.37. The average Bonchev–Trinajstić information content (AvgIpc) is 3.26. The molecule has 3 heterocycles. The number of hydrogen-bond acceptors (Lipinski definition) is 5. The van der Waals surface area contributed by atoms with E-state index < -0.39 is 0 Å². The van der Waals surface area contributed by atoms with Gasteiger partial charge in [-0.05, 0) is 30.3 Å². The summed E-state index contributed by atoms with van der Waals surface area (Å²) in [5.74, 6) is 0.129. The van der Waals surface area contributed by atoms with E-state index in [1.165, 1.54) is 17.0 Å². The Balaban J connectivity index is 1.20. The van der Waals surface area contributed by atoms with Gasteiger partial charge in [0.05, 0.1) is 16.6 Å². The van der Waals surface area contributed by atoms with Crippen molar-refractivity contribution in [1.82, 2.24) is 20.0 Å². The van der Waals surface area contributed by atoms with Crippen molar-refractivity contribution in [3.05, 3.63) is 59.4 Å². The quantitative estimate of drug-likeness (QED) is 0.688. The van der Waals surface area contributed by atoms with Crippen molar-refractivity contribution < 1.29 is 14.0 Å². The highest BCUT2D eigenvalue weighted by molar-refractivity contribution is 6.21. The Hall–Kier alpha value is -3.26. The number of hydrogen-bond donors (Lipinski definition) is 1. The molecule has 148 valence electrons. The fourth-order valence-electron chi connectivity index (χ4n) is 4.09. The Morgan fingerprint density at radius 3 is 2.31 bits per heavy atom. The zero-order valence-electron chi connectivity index (χ0n) is 15.8. The van der Waals surface area contributed by atoms with Gasteiger partial charge in [0, 0.05) is 44.7 Å². The number of aromatic nitrogens is 2. The third-order valence-corrected chi connectivity index (χ3v) is 5.69. The van der Waals surface area contributed by atoms with Crippen LogP contribution >= 0.6 is 0 Å². The number of carbonyl (C=O) groups is 2. The van der Waals surface area contributed by atoms with Crippen molar-refractivity contribution in [3.63, 3.8) is 0 Å². The van der Waals surface area contributed by atoms with Crippen molar-refractivity contribution in [1.29, 1.82) is 0 Å². The number of piperazine rings is 1. The first-order valence-electron chi connectivity index (χ1n) is 9.68. The van der Waals surface area contributed by atoms with E-state index in [2.05, 4.69) is 20.0 Å². The van der Waals surface area contributed by atoms with Crippen LogP contribution in [0.25, 0.3) is 10.9 Å². The topological polar surface area (TPSA) is 72.5 Å². The lowest BCUT2D eigenvalue weighted by Gasteiger charge is -2.35. The highest BCUT2D eigenvalue weighted by Gasteiger charge is 2.35. The van der Waals surface area contributed by atoms with Gasteiger partial charge < -0.3 is 4.90 Å². The number of H-pyrrole nitrogens is 1. The summed E-state index contributed by atoms with van der Waals surface area (Å²) >= 11 is 0. The van der Waals surface area contributed by atoms with Crippen LogP contribution in [-0.2, 0) is 0 Å². The molecule has 2 aliphatic heterocycles. The molecule has 7 nitrogen and oxygen atoms in total. The van der Waals surface area contributed by atoms with E-state index in [9.17, 15) is 14.0 Å². The number of amides is 2. The number of aromatic amines is 1. The molecular weight excluding hydrogens is 373 g/mol. The largest absolute Gasteiger partial charge is 0.352 e. The van der Waals surface area contributed by atoms with E-state index in [0.29, 0.717) is 29.7 Å². The minimum atomic E-state index is -0.286. The van der Waals surface area contributed by atoms with Gasteiger partial charge in [0.2, 0.25) is 0 Å². The summed E-state index contributed by atoms with van der Waals surface area (Å²) < 4.78 is 13.4. The molecule has 1 aromatic heterocycles. The maximum atomic E-state index is 13.4. The number of fused-ring (bicyclic) bond motifs is 2. The smallest absolute Gasteiger partial charge is 0.261 e. The van der Waals surface area contributed by atoms with Crippen LogP contribution in [0.5, 0.6) is 0 Å². The third kappa shape index (κ3) is 3.05. The Kier molecular flexibility index (Phi) is 4.28. The monoisotopic (exact) mass is 393 g/mol. The molecule has 0 unspecified atom stereocenters. The molecule has 0 saturated carbocycles. The van der Waals surface area contributed by atoms with Crippen LogP contribution in [0.2, 0.25) is 0 Å². The second-order valence-corrected chi connectivity index (χ2v) is 7.37. The normalized spacial score (nSPS) is 17.4. The molecule has 2 aromatic carbocycles. The lowest BCUT2D eigenvalue weighted by atomic mass is 10.1. The summed E-state index contributed by atoms with van der Waals surface area (Å²) in [6.07, 6.45) is 0. The lowest BCUT2D eigenvalue weighted by Crippen LogP contribution is -2.49. The van der Waals surface area contributed by atoms with Crippen LogP contribution in [0.15, 0.2) is 42.5 Å². The molecular formula is C21H20FN5O2. The SMILES string of the molecule is O=C1c2ccccc2C(=O)N1CCN1CCN(c2n[nH]c3cc(F)ccc23)CC1. The van der Waals surface area contributed by atoms with E-state index in [1.807, 2.05) is 0 Å². The molecule has 0 spiro atoms. The van der Waals surface area contributed by atoms with Gasteiger partial charge in [-0.25, -0.2) is 4.39 Å². The van der Waals surface area contributed by atoms with Crippen molar-refractivity contribution in [2.75, 3.05) is 44.2 Å². The molecule has 5 rings (SSSR count). The predicted molar refractivity (Wildman–Crippen MR) is 107 cm³/mol.